The highest BCUT2D eigenvalue weighted by Crippen LogP contribution is 2.37. The summed E-state index contributed by atoms with van der Waals surface area (Å²) in [5.74, 6) is 0.819. The fourth-order valence-electron chi connectivity index (χ4n) is 3.54. The molecule has 1 amide bonds. The topological polar surface area (TPSA) is 105 Å². The molecule has 1 fully saturated rings. The number of hydrogen-bond acceptors (Lipinski definition) is 5. The minimum absolute atomic E-state index is 0.0351. The maximum atomic E-state index is 12.6. The van der Waals surface area contributed by atoms with E-state index in [1.54, 1.807) is 0 Å². The Morgan fingerprint density at radius 2 is 1.86 bits per heavy atom. The van der Waals surface area contributed by atoms with Crippen molar-refractivity contribution in [2.24, 2.45) is 5.92 Å². The zero-order chi connectivity index (χ0) is 21.4. The lowest BCUT2D eigenvalue weighted by molar-refractivity contribution is -0.128. The normalized spacial score (nSPS) is 21.9. The second-order valence-corrected chi connectivity index (χ2v) is 9.86. The number of ether oxygens (including phenoxy) is 1. The molecule has 1 aliphatic carbocycles. The first-order valence-corrected chi connectivity index (χ1v) is 12.2. The van der Waals surface area contributed by atoms with E-state index in [0.717, 1.165) is 43.3 Å². The van der Waals surface area contributed by atoms with E-state index in [9.17, 15) is 18.3 Å². The molecule has 3 N–H and O–H groups in total. The number of carbonyl (C=O) groups excluding carboxylic acids is 1. The first-order valence-electron chi connectivity index (χ1n) is 10.4. The van der Waals surface area contributed by atoms with E-state index < -0.39 is 16.1 Å². The maximum absolute atomic E-state index is 12.6. The van der Waals surface area contributed by atoms with Gasteiger partial charge in [-0.25, -0.2) is 13.1 Å². The third-order valence-corrected chi connectivity index (χ3v) is 6.00. The van der Waals surface area contributed by atoms with Crippen LogP contribution in [-0.2, 0) is 14.8 Å². The second kappa shape index (κ2) is 10.9. The standard InChI is InChI=1S/C21H34N2O5S/c1-4-19(21(25)22-13-15(2)14-23-29(3,26)27)28-20-8-6-5-7-18(20)16-9-11-17(24)12-10-16/h5-8,15-17,19,23-24H,4,9-14H2,1-3H3,(H,22,25). The van der Waals surface area contributed by atoms with Gasteiger partial charge in [0, 0.05) is 13.1 Å². The largest absolute Gasteiger partial charge is 0.480 e. The number of sulfonamides is 1. The quantitative estimate of drug-likeness (QED) is 0.532. The van der Waals surface area contributed by atoms with Gasteiger partial charge in [-0.05, 0) is 55.6 Å². The van der Waals surface area contributed by atoms with Crippen LogP contribution >= 0.6 is 0 Å². The van der Waals surface area contributed by atoms with Gasteiger partial charge in [-0.1, -0.05) is 32.0 Å². The number of hydrogen-bond donors (Lipinski definition) is 3. The van der Waals surface area contributed by atoms with E-state index in [2.05, 4.69) is 10.0 Å². The van der Waals surface area contributed by atoms with Crippen LogP contribution in [-0.4, -0.2) is 51.0 Å². The average molecular weight is 427 g/mol. The molecule has 1 aromatic rings. The predicted octanol–water partition coefficient (Wildman–Crippen LogP) is 2.16. The Labute approximate surface area is 174 Å². The SMILES string of the molecule is CCC(Oc1ccccc1C1CCC(O)CC1)C(=O)NCC(C)CNS(C)(=O)=O. The van der Waals surface area contributed by atoms with Crippen LogP contribution in [0, 0.1) is 5.92 Å². The highest BCUT2D eigenvalue weighted by atomic mass is 32.2. The van der Waals surface area contributed by atoms with E-state index in [4.69, 9.17) is 4.74 Å². The van der Waals surface area contributed by atoms with Gasteiger partial charge in [-0.15, -0.1) is 0 Å². The summed E-state index contributed by atoms with van der Waals surface area (Å²) in [7, 11) is -3.24. The van der Waals surface area contributed by atoms with E-state index in [0.29, 0.717) is 18.9 Å². The number of aliphatic hydroxyl groups excluding tert-OH is 1. The van der Waals surface area contributed by atoms with Crippen LogP contribution in [0.1, 0.15) is 57.4 Å². The minimum Gasteiger partial charge on any atom is -0.480 e. The van der Waals surface area contributed by atoms with Gasteiger partial charge in [0.05, 0.1) is 12.4 Å². The Morgan fingerprint density at radius 1 is 1.21 bits per heavy atom. The number of carbonyl (C=O) groups is 1. The van der Waals surface area contributed by atoms with Gasteiger partial charge >= 0.3 is 0 Å². The maximum Gasteiger partial charge on any atom is 0.261 e. The zero-order valence-corrected chi connectivity index (χ0v) is 18.4. The van der Waals surface area contributed by atoms with Crippen LogP contribution in [0.2, 0.25) is 0 Å². The molecule has 0 aliphatic heterocycles. The number of aliphatic hydroxyl groups is 1. The van der Waals surface area contributed by atoms with Crippen molar-refractivity contribution in [3.63, 3.8) is 0 Å². The molecule has 2 atom stereocenters. The summed E-state index contributed by atoms with van der Waals surface area (Å²) in [4.78, 5) is 12.6. The number of para-hydroxylation sites is 1. The molecule has 0 aromatic heterocycles. The highest BCUT2D eigenvalue weighted by Gasteiger charge is 2.25. The molecule has 2 rings (SSSR count). The van der Waals surface area contributed by atoms with Gasteiger partial charge in [0.2, 0.25) is 10.0 Å². The van der Waals surface area contributed by atoms with Crippen LogP contribution in [0.25, 0.3) is 0 Å². The summed E-state index contributed by atoms with van der Waals surface area (Å²) in [6.07, 6.45) is 4.22. The second-order valence-electron chi connectivity index (χ2n) is 8.03. The molecule has 2 unspecified atom stereocenters. The van der Waals surface area contributed by atoms with Crippen LogP contribution in [0.15, 0.2) is 24.3 Å². The molecule has 0 spiro atoms. The molecular weight excluding hydrogens is 392 g/mol. The lowest BCUT2D eigenvalue weighted by Gasteiger charge is -2.28. The summed E-state index contributed by atoms with van der Waals surface area (Å²) in [6, 6.07) is 7.82. The van der Waals surface area contributed by atoms with Crippen molar-refractivity contribution < 1.29 is 23.1 Å². The molecule has 0 bridgehead atoms. The third-order valence-electron chi connectivity index (χ3n) is 5.31. The van der Waals surface area contributed by atoms with Gasteiger partial charge in [0.1, 0.15) is 5.75 Å². The van der Waals surface area contributed by atoms with Crippen molar-refractivity contribution in [1.82, 2.24) is 10.0 Å². The Hall–Kier alpha value is -1.64. The van der Waals surface area contributed by atoms with Crippen molar-refractivity contribution in [2.75, 3.05) is 19.3 Å². The number of rotatable bonds is 10. The molecule has 7 nitrogen and oxygen atoms in total. The molecule has 1 saturated carbocycles. The third kappa shape index (κ3) is 7.95. The van der Waals surface area contributed by atoms with E-state index in [1.165, 1.54) is 0 Å². The van der Waals surface area contributed by atoms with E-state index in [-0.39, 0.29) is 24.5 Å². The summed E-state index contributed by atoms with van der Waals surface area (Å²) in [5.41, 5.74) is 1.09. The van der Waals surface area contributed by atoms with Crippen molar-refractivity contribution in [3.05, 3.63) is 29.8 Å². The van der Waals surface area contributed by atoms with Crippen LogP contribution in [0.5, 0.6) is 5.75 Å². The Morgan fingerprint density at radius 3 is 2.48 bits per heavy atom. The summed E-state index contributed by atoms with van der Waals surface area (Å²) < 4.78 is 30.9. The summed E-state index contributed by atoms with van der Waals surface area (Å²) in [5, 5.41) is 12.6. The summed E-state index contributed by atoms with van der Waals surface area (Å²) >= 11 is 0. The van der Waals surface area contributed by atoms with E-state index >= 15 is 0 Å². The average Bonchev–Trinajstić information content (AvgIpc) is 2.69. The molecule has 0 heterocycles. The molecule has 1 aromatic carbocycles. The molecule has 8 heteroatoms. The van der Waals surface area contributed by atoms with Crippen LogP contribution in [0.3, 0.4) is 0 Å². The fraction of sp³-hybridized carbons (Fsp3) is 0.667. The van der Waals surface area contributed by atoms with Gasteiger partial charge in [-0.2, -0.15) is 0 Å². The number of amides is 1. The lowest BCUT2D eigenvalue weighted by Crippen LogP contribution is -2.41. The van der Waals surface area contributed by atoms with Gasteiger partial charge in [-0.3, -0.25) is 4.79 Å². The minimum atomic E-state index is -3.24. The van der Waals surface area contributed by atoms with Gasteiger partial charge < -0.3 is 15.2 Å². The molecular formula is C21H34N2O5S. The van der Waals surface area contributed by atoms with Gasteiger partial charge in [0.25, 0.3) is 5.91 Å². The van der Waals surface area contributed by atoms with Crippen molar-refractivity contribution in [1.29, 1.82) is 0 Å². The number of nitrogens with one attached hydrogen (secondary N) is 2. The smallest absolute Gasteiger partial charge is 0.261 e. The molecule has 0 radical (unpaired) electrons. The fourth-order valence-corrected chi connectivity index (χ4v) is 4.13. The predicted molar refractivity (Wildman–Crippen MR) is 113 cm³/mol. The highest BCUT2D eigenvalue weighted by molar-refractivity contribution is 7.88. The number of benzene rings is 1. The molecule has 29 heavy (non-hydrogen) atoms. The summed E-state index contributed by atoms with van der Waals surface area (Å²) in [6.45, 7) is 4.40. The van der Waals surface area contributed by atoms with Crippen LogP contribution < -0.4 is 14.8 Å². The first kappa shape index (κ1) is 23.6. The Kier molecular flexibility index (Phi) is 8.92. The lowest BCUT2D eigenvalue weighted by atomic mass is 9.82. The van der Waals surface area contributed by atoms with Crippen molar-refractivity contribution >= 4 is 15.9 Å². The molecule has 164 valence electrons. The Bertz CT molecular complexity index is 760. The van der Waals surface area contributed by atoms with E-state index in [1.807, 2.05) is 38.1 Å². The van der Waals surface area contributed by atoms with Crippen molar-refractivity contribution in [3.8, 4) is 5.75 Å². The molecule has 0 saturated heterocycles. The monoisotopic (exact) mass is 426 g/mol. The zero-order valence-electron chi connectivity index (χ0n) is 17.6. The van der Waals surface area contributed by atoms with Crippen molar-refractivity contribution in [2.45, 2.75) is 64.1 Å². The Balaban J connectivity index is 1.94. The molecule has 1 aliphatic rings. The van der Waals surface area contributed by atoms with Gasteiger partial charge in [0.15, 0.2) is 6.10 Å². The van der Waals surface area contributed by atoms with Crippen LogP contribution in [0.4, 0.5) is 0 Å². The first-order chi connectivity index (χ1) is 13.7.